The topological polar surface area (TPSA) is 0 Å². The van der Waals surface area contributed by atoms with Gasteiger partial charge in [-0.1, -0.05) is 43.7 Å². The predicted octanol–water partition coefficient (Wildman–Crippen LogP) is -3.18. The van der Waals surface area contributed by atoms with Gasteiger partial charge in [0.1, 0.15) is 0 Å². The molecule has 0 bridgehead atoms. The van der Waals surface area contributed by atoms with Crippen molar-refractivity contribution >= 4 is 23.1 Å². The fourth-order valence-electron chi connectivity index (χ4n) is 1.20. The van der Waals surface area contributed by atoms with Crippen LogP contribution in [0.25, 0.3) is 0 Å². The van der Waals surface area contributed by atoms with Crippen LogP contribution in [0, 0.1) is 12.8 Å². The normalized spacial score (nSPS) is 8.29. The van der Waals surface area contributed by atoms with E-state index in [1.807, 2.05) is 0 Å². The summed E-state index contributed by atoms with van der Waals surface area (Å²) < 4.78 is 0. The zero-order chi connectivity index (χ0) is 8.27. The van der Waals surface area contributed by atoms with Crippen LogP contribution in [0.2, 0.25) is 0 Å². The molecule has 0 aromatic heterocycles. The molecule has 0 aliphatic rings. The average molecular weight is 332 g/mol. The number of hydrogen-bond acceptors (Lipinski definition) is 0. The summed E-state index contributed by atoms with van der Waals surface area (Å²) in [4.78, 5) is 0. The molecule has 14 heavy (non-hydrogen) atoms. The first-order valence-electron chi connectivity index (χ1n) is 4.24. The van der Waals surface area contributed by atoms with Gasteiger partial charge >= 0.3 is 23.1 Å². The van der Waals surface area contributed by atoms with Crippen molar-refractivity contribution in [3.63, 3.8) is 0 Å². The summed E-state index contributed by atoms with van der Waals surface area (Å²) in [5, 5.41) is 0. The summed E-state index contributed by atoms with van der Waals surface area (Å²) in [7, 11) is 0. The van der Waals surface area contributed by atoms with Crippen LogP contribution < -0.4 is 34.0 Å². The zero-order valence-electron chi connectivity index (χ0n) is 9.06. The van der Waals surface area contributed by atoms with Crippen LogP contribution in [0.5, 0.6) is 0 Å². The van der Waals surface area contributed by atoms with Crippen LogP contribution in [0.4, 0.5) is 0 Å². The Hall–Kier alpha value is 0.946. The standard InChI is InChI=1S/C11H16.2BrH.Mg/c1-9(2)8-11-6-4-10(3)5-7-11;;;/h4-7,9H,8H2,1-3H3;2*1H;/q;;;+2/p-2. The molecule has 0 heterocycles. The van der Waals surface area contributed by atoms with Crippen molar-refractivity contribution in [3.05, 3.63) is 35.4 Å². The van der Waals surface area contributed by atoms with Crippen LogP contribution in [-0.2, 0) is 6.42 Å². The SMILES string of the molecule is Cc1ccc(CC(C)C)cc1.[Br-].[Br-].[Mg+2]. The quantitative estimate of drug-likeness (QED) is 0.501. The predicted molar refractivity (Wildman–Crippen MR) is 55.5 cm³/mol. The molecule has 0 aliphatic carbocycles. The Morgan fingerprint density at radius 1 is 1.00 bits per heavy atom. The molecule has 0 saturated carbocycles. The van der Waals surface area contributed by atoms with Gasteiger partial charge in [0, 0.05) is 0 Å². The van der Waals surface area contributed by atoms with E-state index in [4.69, 9.17) is 0 Å². The number of aryl methyl sites for hydroxylation is 1. The number of benzene rings is 1. The van der Waals surface area contributed by atoms with E-state index in [1.165, 1.54) is 17.5 Å². The average Bonchev–Trinajstić information content (AvgIpc) is 1.93. The van der Waals surface area contributed by atoms with Crippen LogP contribution in [0.3, 0.4) is 0 Å². The van der Waals surface area contributed by atoms with Crippen molar-refractivity contribution < 1.29 is 34.0 Å². The molecule has 0 spiro atoms. The summed E-state index contributed by atoms with van der Waals surface area (Å²) >= 11 is 0. The summed E-state index contributed by atoms with van der Waals surface area (Å²) in [6.07, 6.45) is 1.19. The molecule has 0 atom stereocenters. The maximum Gasteiger partial charge on any atom is 2.00 e. The maximum absolute atomic E-state index is 2.25. The molecular weight excluding hydrogens is 316 g/mol. The van der Waals surface area contributed by atoms with Gasteiger partial charge in [0.05, 0.1) is 0 Å². The second-order valence-corrected chi connectivity index (χ2v) is 3.58. The van der Waals surface area contributed by atoms with Crippen molar-refractivity contribution in [2.75, 3.05) is 0 Å². The molecule has 1 aromatic carbocycles. The van der Waals surface area contributed by atoms with Crippen LogP contribution in [0.1, 0.15) is 25.0 Å². The molecule has 0 N–H and O–H groups in total. The Kier molecular flexibility index (Phi) is 15.2. The fourth-order valence-corrected chi connectivity index (χ4v) is 1.20. The van der Waals surface area contributed by atoms with Gasteiger partial charge in [-0.2, -0.15) is 0 Å². The Labute approximate surface area is 125 Å². The third-order valence-electron chi connectivity index (χ3n) is 1.76. The summed E-state index contributed by atoms with van der Waals surface area (Å²) in [6.45, 7) is 6.62. The first kappa shape index (κ1) is 20.4. The number of rotatable bonds is 2. The van der Waals surface area contributed by atoms with Crippen molar-refractivity contribution in [1.82, 2.24) is 0 Å². The molecule has 3 heteroatoms. The zero-order valence-corrected chi connectivity index (χ0v) is 13.6. The van der Waals surface area contributed by atoms with E-state index in [2.05, 4.69) is 45.0 Å². The van der Waals surface area contributed by atoms with Crippen molar-refractivity contribution in [2.24, 2.45) is 5.92 Å². The first-order valence-corrected chi connectivity index (χ1v) is 4.24. The molecule has 0 amide bonds. The van der Waals surface area contributed by atoms with Crippen LogP contribution in [0.15, 0.2) is 24.3 Å². The van der Waals surface area contributed by atoms with Gasteiger partial charge in [0.2, 0.25) is 0 Å². The van der Waals surface area contributed by atoms with Gasteiger partial charge in [-0.3, -0.25) is 0 Å². The van der Waals surface area contributed by atoms with Gasteiger partial charge in [0.15, 0.2) is 0 Å². The second kappa shape index (κ2) is 10.5. The second-order valence-electron chi connectivity index (χ2n) is 3.58. The summed E-state index contributed by atoms with van der Waals surface area (Å²) in [5.74, 6) is 0.762. The Balaban J connectivity index is -0.000000403. The van der Waals surface area contributed by atoms with Gasteiger partial charge in [-0.15, -0.1) is 0 Å². The van der Waals surface area contributed by atoms with E-state index in [9.17, 15) is 0 Å². The Bertz CT molecular complexity index is 219. The van der Waals surface area contributed by atoms with E-state index in [-0.39, 0.29) is 57.0 Å². The van der Waals surface area contributed by atoms with E-state index >= 15 is 0 Å². The maximum atomic E-state index is 2.25. The van der Waals surface area contributed by atoms with Gasteiger partial charge in [-0.25, -0.2) is 0 Å². The smallest absolute Gasteiger partial charge is 1.00 e. The molecule has 1 aromatic rings. The molecule has 0 nitrogen and oxygen atoms in total. The van der Waals surface area contributed by atoms with Gasteiger partial charge < -0.3 is 34.0 Å². The minimum Gasteiger partial charge on any atom is -1.00 e. The molecule has 0 saturated heterocycles. The van der Waals surface area contributed by atoms with Crippen LogP contribution >= 0.6 is 0 Å². The largest absolute Gasteiger partial charge is 2.00 e. The van der Waals surface area contributed by atoms with E-state index in [0.29, 0.717) is 0 Å². The third kappa shape index (κ3) is 8.27. The summed E-state index contributed by atoms with van der Waals surface area (Å²) in [6, 6.07) is 8.79. The Morgan fingerprint density at radius 2 is 1.43 bits per heavy atom. The number of halogens is 2. The van der Waals surface area contributed by atoms with E-state index in [1.54, 1.807) is 0 Å². The van der Waals surface area contributed by atoms with Crippen molar-refractivity contribution in [2.45, 2.75) is 27.2 Å². The number of hydrogen-bond donors (Lipinski definition) is 0. The van der Waals surface area contributed by atoms with Crippen molar-refractivity contribution in [3.8, 4) is 0 Å². The molecule has 0 aliphatic heterocycles. The molecule has 0 fully saturated rings. The molecule has 76 valence electrons. The summed E-state index contributed by atoms with van der Waals surface area (Å²) in [5.41, 5.74) is 2.79. The minimum atomic E-state index is 0. The first-order chi connectivity index (χ1) is 5.18. The van der Waals surface area contributed by atoms with E-state index < -0.39 is 0 Å². The third-order valence-corrected chi connectivity index (χ3v) is 1.76. The molecular formula is C11H16Br2Mg. The van der Waals surface area contributed by atoms with Gasteiger partial charge in [-0.05, 0) is 24.8 Å². The Morgan fingerprint density at radius 3 is 1.79 bits per heavy atom. The van der Waals surface area contributed by atoms with Crippen molar-refractivity contribution in [1.29, 1.82) is 0 Å². The fraction of sp³-hybridized carbons (Fsp3) is 0.455. The molecule has 0 radical (unpaired) electrons. The minimum absolute atomic E-state index is 0. The molecule has 0 unspecified atom stereocenters. The monoisotopic (exact) mass is 330 g/mol. The van der Waals surface area contributed by atoms with Gasteiger partial charge in [0.25, 0.3) is 0 Å². The van der Waals surface area contributed by atoms with E-state index in [0.717, 1.165) is 5.92 Å². The van der Waals surface area contributed by atoms with Crippen LogP contribution in [-0.4, -0.2) is 23.1 Å². The molecule has 1 rings (SSSR count).